The smallest absolute Gasteiger partial charge is 0.237 e. The Morgan fingerprint density at radius 1 is 1.55 bits per heavy atom. The van der Waals surface area contributed by atoms with E-state index in [1.807, 2.05) is 20.8 Å². The molecule has 0 spiro atoms. The van der Waals surface area contributed by atoms with Crippen LogP contribution in [0.15, 0.2) is 0 Å². The number of carbonyl (C=O) groups excluding carboxylic acids is 1. The number of amides is 1. The van der Waals surface area contributed by atoms with Gasteiger partial charge in [0.05, 0.1) is 6.04 Å². The molecule has 2 N–H and O–H groups in total. The van der Waals surface area contributed by atoms with E-state index in [1.165, 1.54) is 0 Å². The average molecular weight is 156 g/mol. The van der Waals surface area contributed by atoms with Crippen molar-refractivity contribution in [1.29, 1.82) is 0 Å². The minimum absolute atomic E-state index is 0.0641. The molecule has 1 saturated heterocycles. The molecule has 0 aliphatic carbocycles. The molecule has 1 amide bonds. The van der Waals surface area contributed by atoms with Crippen molar-refractivity contribution in [3.63, 3.8) is 0 Å². The molecule has 0 saturated carbocycles. The fourth-order valence-corrected chi connectivity index (χ4v) is 0.969. The van der Waals surface area contributed by atoms with Crippen molar-refractivity contribution in [2.24, 2.45) is 0 Å². The molecule has 0 aromatic carbocycles. The van der Waals surface area contributed by atoms with Crippen LogP contribution in [0.3, 0.4) is 0 Å². The fraction of sp³-hybridized carbons (Fsp3) is 0.875. The summed E-state index contributed by atoms with van der Waals surface area (Å²) in [5.41, 5.74) is -0.103. The molecular weight excluding hydrogens is 140 g/mol. The quantitative estimate of drug-likeness (QED) is 0.572. The van der Waals surface area contributed by atoms with Crippen molar-refractivity contribution in [2.75, 3.05) is 6.54 Å². The molecule has 1 fully saturated rings. The van der Waals surface area contributed by atoms with Crippen LogP contribution in [-0.2, 0) is 4.79 Å². The Morgan fingerprint density at radius 2 is 2.09 bits per heavy atom. The second-order valence-corrected chi connectivity index (χ2v) is 4.03. The highest BCUT2D eigenvalue weighted by atomic mass is 16.2. The third-order valence-corrected chi connectivity index (χ3v) is 1.64. The monoisotopic (exact) mass is 156 g/mol. The van der Waals surface area contributed by atoms with Crippen LogP contribution in [0, 0.1) is 0 Å². The van der Waals surface area contributed by atoms with Gasteiger partial charge in [-0.05, 0) is 33.7 Å². The molecule has 1 rings (SSSR count). The summed E-state index contributed by atoms with van der Waals surface area (Å²) in [5, 5.41) is 5.98. The lowest BCUT2D eigenvalue weighted by Crippen LogP contribution is -2.56. The highest BCUT2D eigenvalue weighted by Gasteiger charge is 2.26. The summed E-state index contributed by atoms with van der Waals surface area (Å²) in [4.78, 5) is 11.3. The Balaban J connectivity index is 2.31. The first-order valence-corrected chi connectivity index (χ1v) is 4.04. The summed E-state index contributed by atoms with van der Waals surface area (Å²) in [6, 6.07) is 0.0641. The zero-order chi connectivity index (χ0) is 8.48. The molecule has 1 aliphatic heterocycles. The van der Waals surface area contributed by atoms with Gasteiger partial charge in [-0.3, -0.25) is 4.79 Å². The molecule has 3 nitrogen and oxygen atoms in total. The zero-order valence-electron chi connectivity index (χ0n) is 7.40. The molecule has 3 heteroatoms. The molecular formula is C8H16N2O. The maximum Gasteiger partial charge on any atom is 0.237 e. The lowest BCUT2D eigenvalue weighted by molar-refractivity contribution is -0.126. The molecule has 0 aromatic heterocycles. The summed E-state index contributed by atoms with van der Waals surface area (Å²) in [6.45, 7) is 6.94. The predicted octanol–water partition coefficient (Wildman–Crippen LogP) is 0.263. The highest BCUT2D eigenvalue weighted by Crippen LogP contribution is 2.05. The number of hydrogen-bond acceptors (Lipinski definition) is 2. The highest BCUT2D eigenvalue weighted by molar-refractivity contribution is 5.83. The lowest BCUT2D eigenvalue weighted by atomic mass is 10.0. The Morgan fingerprint density at radius 3 is 2.36 bits per heavy atom. The molecule has 0 radical (unpaired) electrons. The molecule has 1 atom stereocenters. The van der Waals surface area contributed by atoms with Gasteiger partial charge in [-0.2, -0.15) is 0 Å². The van der Waals surface area contributed by atoms with Crippen LogP contribution in [0.1, 0.15) is 27.2 Å². The van der Waals surface area contributed by atoms with Gasteiger partial charge in [-0.25, -0.2) is 0 Å². The fourth-order valence-electron chi connectivity index (χ4n) is 0.969. The predicted molar refractivity (Wildman–Crippen MR) is 44.3 cm³/mol. The SMILES string of the molecule is CC(C)(C)NC(=O)[C@@H]1CCN1. The second-order valence-electron chi connectivity index (χ2n) is 4.03. The van der Waals surface area contributed by atoms with Crippen LogP contribution in [0.25, 0.3) is 0 Å². The van der Waals surface area contributed by atoms with Crippen molar-refractivity contribution in [1.82, 2.24) is 10.6 Å². The van der Waals surface area contributed by atoms with Crippen molar-refractivity contribution in [2.45, 2.75) is 38.8 Å². The standard InChI is InChI=1S/C8H16N2O/c1-8(2,3)10-7(11)6-4-5-9-6/h6,9H,4-5H2,1-3H3,(H,10,11)/t6-/m0/s1. The summed E-state index contributed by atoms with van der Waals surface area (Å²) < 4.78 is 0. The molecule has 0 unspecified atom stereocenters. The Kier molecular flexibility index (Phi) is 2.18. The van der Waals surface area contributed by atoms with E-state index < -0.39 is 0 Å². The molecule has 1 heterocycles. The normalized spacial score (nSPS) is 24.1. The Bertz CT molecular complexity index is 156. The molecule has 64 valence electrons. The molecule has 11 heavy (non-hydrogen) atoms. The van der Waals surface area contributed by atoms with E-state index in [-0.39, 0.29) is 17.5 Å². The van der Waals surface area contributed by atoms with Gasteiger partial charge in [0.1, 0.15) is 0 Å². The number of carbonyl (C=O) groups is 1. The van der Waals surface area contributed by atoms with E-state index in [2.05, 4.69) is 10.6 Å². The van der Waals surface area contributed by atoms with Crippen LogP contribution in [0.4, 0.5) is 0 Å². The van der Waals surface area contributed by atoms with Crippen LogP contribution in [-0.4, -0.2) is 24.0 Å². The van der Waals surface area contributed by atoms with Gasteiger partial charge in [0.25, 0.3) is 0 Å². The number of nitrogens with one attached hydrogen (secondary N) is 2. The van der Waals surface area contributed by atoms with Crippen molar-refractivity contribution < 1.29 is 4.79 Å². The van der Waals surface area contributed by atoms with E-state index >= 15 is 0 Å². The minimum atomic E-state index is -0.103. The zero-order valence-corrected chi connectivity index (χ0v) is 7.40. The maximum absolute atomic E-state index is 11.3. The third kappa shape index (κ3) is 2.50. The third-order valence-electron chi connectivity index (χ3n) is 1.64. The van der Waals surface area contributed by atoms with Gasteiger partial charge in [0.2, 0.25) is 5.91 Å². The van der Waals surface area contributed by atoms with E-state index in [4.69, 9.17) is 0 Å². The first-order chi connectivity index (χ1) is 4.99. The Labute approximate surface area is 67.5 Å². The van der Waals surface area contributed by atoms with Crippen LogP contribution >= 0.6 is 0 Å². The van der Waals surface area contributed by atoms with Crippen molar-refractivity contribution >= 4 is 5.91 Å². The first-order valence-electron chi connectivity index (χ1n) is 4.04. The van der Waals surface area contributed by atoms with E-state index in [0.29, 0.717) is 0 Å². The minimum Gasteiger partial charge on any atom is -0.350 e. The first kappa shape index (κ1) is 8.53. The van der Waals surface area contributed by atoms with E-state index in [1.54, 1.807) is 0 Å². The maximum atomic E-state index is 11.3. The lowest BCUT2D eigenvalue weighted by Gasteiger charge is -2.30. The van der Waals surface area contributed by atoms with Gasteiger partial charge < -0.3 is 10.6 Å². The van der Waals surface area contributed by atoms with Gasteiger partial charge in [0.15, 0.2) is 0 Å². The van der Waals surface area contributed by atoms with Gasteiger partial charge in [-0.15, -0.1) is 0 Å². The van der Waals surface area contributed by atoms with Crippen molar-refractivity contribution in [3.05, 3.63) is 0 Å². The van der Waals surface area contributed by atoms with Crippen LogP contribution < -0.4 is 10.6 Å². The second kappa shape index (κ2) is 2.81. The average Bonchev–Trinajstić information content (AvgIpc) is 1.50. The van der Waals surface area contributed by atoms with E-state index in [9.17, 15) is 4.79 Å². The Hall–Kier alpha value is -0.570. The summed E-state index contributed by atoms with van der Waals surface area (Å²) in [7, 11) is 0. The van der Waals surface area contributed by atoms with E-state index in [0.717, 1.165) is 13.0 Å². The summed E-state index contributed by atoms with van der Waals surface area (Å²) in [5.74, 6) is 0.128. The molecule has 0 bridgehead atoms. The van der Waals surface area contributed by atoms with Gasteiger partial charge in [-0.1, -0.05) is 0 Å². The largest absolute Gasteiger partial charge is 0.350 e. The van der Waals surface area contributed by atoms with Crippen LogP contribution in [0.5, 0.6) is 0 Å². The summed E-state index contributed by atoms with van der Waals surface area (Å²) in [6.07, 6.45) is 0.974. The van der Waals surface area contributed by atoms with Crippen molar-refractivity contribution in [3.8, 4) is 0 Å². The van der Waals surface area contributed by atoms with Gasteiger partial charge in [0, 0.05) is 5.54 Å². The topological polar surface area (TPSA) is 41.1 Å². The molecule has 0 aromatic rings. The van der Waals surface area contributed by atoms with Gasteiger partial charge >= 0.3 is 0 Å². The molecule has 1 aliphatic rings. The summed E-state index contributed by atoms with van der Waals surface area (Å²) >= 11 is 0. The number of rotatable bonds is 1. The number of hydrogen-bond donors (Lipinski definition) is 2. The van der Waals surface area contributed by atoms with Crippen LogP contribution in [0.2, 0.25) is 0 Å².